The van der Waals surface area contributed by atoms with E-state index in [9.17, 15) is 4.39 Å². The fraction of sp³-hybridized carbons (Fsp3) is 0. The normalized spacial score (nSPS) is 10.4. The van der Waals surface area contributed by atoms with Crippen molar-refractivity contribution in [1.29, 1.82) is 5.26 Å². The molecule has 2 aromatic carbocycles. The second kappa shape index (κ2) is 3.97. The van der Waals surface area contributed by atoms with E-state index >= 15 is 0 Å². The van der Waals surface area contributed by atoms with Crippen LogP contribution in [0.2, 0.25) is 0 Å². The minimum Gasteiger partial charge on any atom is -0.276 e. The number of H-pyrrole nitrogens is 1. The first-order valence-corrected chi connectivity index (χ1v) is 5.43. The zero-order valence-electron chi connectivity index (χ0n) is 9.31. The number of benzene rings is 2. The smallest absolute Gasteiger partial charge is 0.123 e. The van der Waals surface area contributed by atoms with E-state index in [0.29, 0.717) is 22.3 Å². The molecule has 0 aliphatic carbocycles. The highest BCUT2D eigenvalue weighted by molar-refractivity contribution is 5.95. The number of aromatic nitrogens is 2. The van der Waals surface area contributed by atoms with Crippen LogP contribution in [0.25, 0.3) is 22.2 Å². The van der Waals surface area contributed by atoms with Crippen LogP contribution in [0, 0.1) is 17.1 Å². The lowest BCUT2D eigenvalue weighted by Gasteiger charge is -1.98. The number of nitrogens with one attached hydrogen (secondary N) is 1. The minimum atomic E-state index is -0.305. The van der Waals surface area contributed by atoms with E-state index in [0.717, 1.165) is 5.39 Å². The standard InChI is InChI=1S/C14H8FN3/c15-11-5-1-3-9(7-11)13-12-6-2-4-10(8-16)14(12)18-17-13/h1-7H,(H,17,18). The Bertz CT molecular complexity index is 768. The van der Waals surface area contributed by atoms with Crippen molar-refractivity contribution in [2.75, 3.05) is 0 Å². The molecule has 1 aromatic heterocycles. The number of hydrogen-bond acceptors (Lipinski definition) is 2. The maximum absolute atomic E-state index is 13.2. The molecule has 0 unspecified atom stereocenters. The summed E-state index contributed by atoms with van der Waals surface area (Å²) in [5, 5.41) is 16.8. The molecule has 0 saturated heterocycles. The van der Waals surface area contributed by atoms with Crippen LogP contribution in [-0.2, 0) is 0 Å². The summed E-state index contributed by atoms with van der Waals surface area (Å²) in [6.45, 7) is 0. The number of rotatable bonds is 1. The zero-order valence-corrected chi connectivity index (χ0v) is 9.31. The van der Waals surface area contributed by atoms with Crippen LogP contribution in [0.3, 0.4) is 0 Å². The Morgan fingerprint density at radius 2 is 2.00 bits per heavy atom. The minimum absolute atomic E-state index is 0.305. The van der Waals surface area contributed by atoms with Crippen LogP contribution in [0.5, 0.6) is 0 Å². The highest BCUT2D eigenvalue weighted by Gasteiger charge is 2.10. The van der Waals surface area contributed by atoms with Gasteiger partial charge in [-0.15, -0.1) is 0 Å². The summed E-state index contributed by atoms with van der Waals surface area (Å²) in [5.74, 6) is -0.305. The second-order valence-corrected chi connectivity index (χ2v) is 3.92. The Labute approximate surface area is 102 Å². The first-order chi connectivity index (χ1) is 8.79. The highest BCUT2D eigenvalue weighted by Crippen LogP contribution is 2.27. The molecule has 0 spiro atoms. The van der Waals surface area contributed by atoms with Crippen molar-refractivity contribution < 1.29 is 4.39 Å². The predicted molar refractivity (Wildman–Crippen MR) is 66.2 cm³/mol. The van der Waals surface area contributed by atoms with E-state index < -0.39 is 0 Å². The van der Waals surface area contributed by atoms with Crippen molar-refractivity contribution in [2.24, 2.45) is 0 Å². The zero-order chi connectivity index (χ0) is 12.5. The number of nitrogens with zero attached hydrogens (tertiary/aromatic N) is 2. The fourth-order valence-corrected chi connectivity index (χ4v) is 1.99. The van der Waals surface area contributed by atoms with Gasteiger partial charge < -0.3 is 0 Å². The van der Waals surface area contributed by atoms with Gasteiger partial charge in [-0.25, -0.2) is 4.39 Å². The molecule has 0 fully saturated rings. The number of nitriles is 1. The van der Waals surface area contributed by atoms with Crippen LogP contribution in [-0.4, -0.2) is 10.2 Å². The first-order valence-electron chi connectivity index (χ1n) is 5.43. The Morgan fingerprint density at radius 1 is 1.17 bits per heavy atom. The van der Waals surface area contributed by atoms with Gasteiger partial charge in [0.25, 0.3) is 0 Å². The lowest BCUT2D eigenvalue weighted by Crippen LogP contribution is -1.81. The molecule has 0 aliphatic heterocycles. The quantitative estimate of drug-likeness (QED) is 0.706. The molecule has 0 atom stereocenters. The van der Waals surface area contributed by atoms with E-state index in [4.69, 9.17) is 5.26 Å². The summed E-state index contributed by atoms with van der Waals surface area (Å²) < 4.78 is 13.2. The number of halogens is 1. The topological polar surface area (TPSA) is 52.5 Å². The molecule has 1 heterocycles. The van der Waals surface area contributed by atoms with Crippen LogP contribution < -0.4 is 0 Å². The van der Waals surface area contributed by atoms with Gasteiger partial charge in [-0.05, 0) is 18.2 Å². The molecule has 4 heteroatoms. The molecule has 1 N–H and O–H groups in total. The summed E-state index contributed by atoms with van der Waals surface area (Å²) in [4.78, 5) is 0. The molecule has 0 radical (unpaired) electrons. The predicted octanol–water partition coefficient (Wildman–Crippen LogP) is 3.24. The van der Waals surface area contributed by atoms with Gasteiger partial charge in [0.1, 0.15) is 17.6 Å². The van der Waals surface area contributed by atoms with Crippen LogP contribution in [0.1, 0.15) is 5.56 Å². The summed E-state index contributed by atoms with van der Waals surface area (Å²) in [6, 6.07) is 13.7. The van der Waals surface area contributed by atoms with Gasteiger partial charge in [-0.2, -0.15) is 10.4 Å². The number of para-hydroxylation sites is 1. The number of aromatic amines is 1. The Morgan fingerprint density at radius 3 is 2.78 bits per heavy atom. The van der Waals surface area contributed by atoms with E-state index in [1.165, 1.54) is 12.1 Å². The Balaban J connectivity index is 2.29. The van der Waals surface area contributed by atoms with E-state index in [2.05, 4.69) is 16.3 Å². The van der Waals surface area contributed by atoms with Gasteiger partial charge in [0.05, 0.1) is 11.1 Å². The van der Waals surface area contributed by atoms with Gasteiger partial charge in [-0.1, -0.05) is 24.3 Å². The lowest BCUT2D eigenvalue weighted by atomic mass is 10.1. The largest absolute Gasteiger partial charge is 0.276 e. The van der Waals surface area contributed by atoms with Gasteiger partial charge in [-0.3, -0.25) is 5.10 Å². The summed E-state index contributed by atoms with van der Waals surface area (Å²) >= 11 is 0. The Hall–Kier alpha value is -2.67. The molecular formula is C14H8FN3. The van der Waals surface area contributed by atoms with Gasteiger partial charge in [0.2, 0.25) is 0 Å². The molecule has 86 valence electrons. The number of hydrogen-bond donors (Lipinski definition) is 1. The van der Waals surface area contributed by atoms with Crippen LogP contribution >= 0.6 is 0 Å². The van der Waals surface area contributed by atoms with Crippen molar-refractivity contribution in [3.8, 4) is 17.3 Å². The highest BCUT2D eigenvalue weighted by atomic mass is 19.1. The van der Waals surface area contributed by atoms with Gasteiger partial charge >= 0.3 is 0 Å². The Kier molecular flexibility index (Phi) is 2.31. The monoisotopic (exact) mass is 237 g/mol. The maximum atomic E-state index is 13.2. The first kappa shape index (κ1) is 10.5. The summed E-state index contributed by atoms with van der Waals surface area (Å²) in [5.41, 5.74) is 2.56. The molecule has 3 nitrogen and oxygen atoms in total. The summed E-state index contributed by atoms with van der Waals surface area (Å²) in [7, 11) is 0. The SMILES string of the molecule is N#Cc1cccc2c(-c3cccc(F)c3)n[nH]c12. The van der Waals surface area contributed by atoms with Crippen LogP contribution in [0.4, 0.5) is 4.39 Å². The molecule has 3 rings (SSSR count). The third kappa shape index (κ3) is 1.54. The van der Waals surface area contributed by atoms with Gasteiger partial charge in [0.15, 0.2) is 0 Å². The average Bonchev–Trinajstić information content (AvgIpc) is 2.82. The van der Waals surface area contributed by atoms with Crippen molar-refractivity contribution in [1.82, 2.24) is 10.2 Å². The van der Waals surface area contributed by atoms with E-state index in [1.807, 2.05) is 6.07 Å². The van der Waals surface area contributed by atoms with Gasteiger partial charge in [0, 0.05) is 10.9 Å². The maximum Gasteiger partial charge on any atom is 0.123 e. The molecular weight excluding hydrogens is 229 g/mol. The molecule has 0 aliphatic rings. The van der Waals surface area contributed by atoms with Crippen molar-refractivity contribution in [3.05, 3.63) is 53.8 Å². The second-order valence-electron chi connectivity index (χ2n) is 3.92. The third-order valence-electron chi connectivity index (χ3n) is 2.82. The number of fused-ring (bicyclic) bond motifs is 1. The van der Waals surface area contributed by atoms with E-state index in [1.54, 1.807) is 24.3 Å². The van der Waals surface area contributed by atoms with Crippen LogP contribution in [0.15, 0.2) is 42.5 Å². The molecule has 0 amide bonds. The molecule has 0 bridgehead atoms. The molecule has 18 heavy (non-hydrogen) atoms. The molecule has 0 saturated carbocycles. The van der Waals surface area contributed by atoms with Crippen molar-refractivity contribution >= 4 is 10.9 Å². The third-order valence-corrected chi connectivity index (χ3v) is 2.82. The lowest BCUT2D eigenvalue weighted by molar-refractivity contribution is 0.628. The molecule has 3 aromatic rings. The van der Waals surface area contributed by atoms with E-state index in [-0.39, 0.29) is 5.82 Å². The fourth-order valence-electron chi connectivity index (χ4n) is 1.99. The average molecular weight is 237 g/mol. The van der Waals surface area contributed by atoms with Crippen molar-refractivity contribution in [2.45, 2.75) is 0 Å². The van der Waals surface area contributed by atoms with Crippen molar-refractivity contribution in [3.63, 3.8) is 0 Å². The summed E-state index contributed by atoms with van der Waals surface area (Å²) in [6.07, 6.45) is 0.